The highest BCUT2D eigenvalue weighted by atomic mass is 16.5. The van der Waals surface area contributed by atoms with Crippen molar-refractivity contribution in [1.29, 1.82) is 0 Å². The third-order valence-electron chi connectivity index (χ3n) is 2.74. The van der Waals surface area contributed by atoms with Crippen LogP contribution in [0.4, 0.5) is 5.95 Å². The molecule has 7 heteroatoms. The zero-order chi connectivity index (χ0) is 13.1. The maximum absolute atomic E-state index is 12.1. The third-order valence-corrected chi connectivity index (χ3v) is 2.74. The molecule has 1 fully saturated rings. The number of carbonyl (C=O) groups is 1. The molecule has 1 aliphatic rings. The number of carbonyl (C=O) groups excluding carboxylic acids is 1. The first-order chi connectivity index (χ1) is 8.59. The lowest BCUT2D eigenvalue weighted by Gasteiger charge is -2.26. The lowest BCUT2D eigenvalue weighted by Crippen LogP contribution is -2.42. The third kappa shape index (κ3) is 2.51. The van der Waals surface area contributed by atoms with E-state index in [1.54, 1.807) is 23.9 Å². The number of hydrogen-bond donors (Lipinski definition) is 1. The Balaban J connectivity index is 2.22. The fourth-order valence-electron chi connectivity index (χ4n) is 1.70. The van der Waals surface area contributed by atoms with Gasteiger partial charge in [0.1, 0.15) is 5.56 Å². The van der Waals surface area contributed by atoms with Gasteiger partial charge in [0.2, 0.25) is 5.95 Å². The monoisotopic (exact) mass is 252 g/mol. The first kappa shape index (κ1) is 12.6. The summed E-state index contributed by atoms with van der Waals surface area (Å²) in [7, 11) is 3.53. The molecule has 1 N–H and O–H groups in total. The SMILES string of the molecule is CN(C)c1ncc(C(=O)N2CCOCC2)c(=O)[nH]1. The second kappa shape index (κ2) is 5.18. The molecule has 7 nitrogen and oxygen atoms in total. The van der Waals surface area contributed by atoms with Crippen molar-refractivity contribution in [3.63, 3.8) is 0 Å². The Kier molecular flexibility index (Phi) is 3.61. The van der Waals surface area contributed by atoms with Crippen LogP contribution in [0.1, 0.15) is 10.4 Å². The molecule has 0 atom stereocenters. The van der Waals surface area contributed by atoms with Crippen LogP contribution in [-0.4, -0.2) is 61.2 Å². The van der Waals surface area contributed by atoms with Gasteiger partial charge in [0, 0.05) is 33.4 Å². The van der Waals surface area contributed by atoms with Gasteiger partial charge in [-0.25, -0.2) is 4.98 Å². The summed E-state index contributed by atoms with van der Waals surface area (Å²) < 4.78 is 5.16. The molecular weight excluding hydrogens is 236 g/mol. The molecule has 0 unspecified atom stereocenters. The fourth-order valence-corrected chi connectivity index (χ4v) is 1.70. The minimum Gasteiger partial charge on any atom is -0.378 e. The van der Waals surface area contributed by atoms with E-state index in [0.29, 0.717) is 32.3 Å². The summed E-state index contributed by atoms with van der Waals surface area (Å²) in [4.78, 5) is 33.8. The zero-order valence-electron chi connectivity index (χ0n) is 10.5. The number of nitrogens with zero attached hydrogens (tertiary/aromatic N) is 3. The average molecular weight is 252 g/mol. The van der Waals surface area contributed by atoms with Crippen molar-refractivity contribution in [3.05, 3.63) is 22.1 Å². The molecule has 2 heterocycles. The molecule has 0 radical (unpaired) electrons. The van der Waals surface area contributed by atoms with Crippen LogP contribution in [0.3, 0.4) is 0 Å². The van der Waals surface area contributed by atoms with Crippen LogP contribution in [0.5, 0.6) is 0 Å². The summed E-state index contributed by atoms with van der Waals surface area (Å²) in [5.74, 6) is 0.135. The number of rotatable bonds is 2. The van der Waals surface area contributed by atoms with E-state index in [4.69, 9.17) is 4.74 Å². The van der Waals surface area contributed by atoms with E-state index < -0.39 is 5.56 Å². The number of aromatic nitrogens is 2. The second-order valence-corrected chi connectivity index (χ2v) is 4.25. The summed E-state index contributed by atoms with van der Waals surface area (Å²) in [6.45, 7) is 2.03. The molecule has 98 valence electrons. The van der Waals surface area contributed by atoms with Crippen LogP contribution >= 0.6 is 0 Å². The molecular formula is C11H16N4O3. The Morgan fingerprint density at radius 2 is 2.11 bits per heavy atom. The lowest BCUT2D eigenvalue weighted by molar-refractivity contribution is 0.0301. The Bertz CT molecular complexity index is 491. The molecule has 1 amide bonds. The molecule has 1 aromatic heterocycles. The van der Waals surface area contributed by atoms with Crippen molar-refractivity contribution in [2.45, 2.75) is 0 Å². The summed E-state index contributed by atoms with van der Waals surface area (Å²) in [5.41, 5.74) is -0.340. The van der Waals surface area contributed by atoms with Gasteiger partial charge in [-0.15, -0.1) is 0 Å². The minimum absolute atomic E-state index is 0.0718. The number of amides is 1. The second-order valence-electron chi connectivity index (χ2n) is 4.25. The number of morpholine rings is 1. The quantitative estimate of drug-likeness (QED) is 0.753. The standard InChI is InChI=1S/C11H16N4O3/c1-14(2)11-12-7-8(9(16)13-11)10(17)15-3-5-18-6-4-15/h7H,3-6H2,1-2H3,(H,12,13,16). The number of nitrogens with one attached hydrogen (secondary N) is 1. The predicted molar refractivity (Wildman–Crippen MR) is 65.9 cm³/mol. The van der Waals surface area contributed by atoms with Crippen molar-refractivity contribution >= 4 is 11.9 Å². The minimum atomic E-state index is -0.412. The topological polar surface area (TPSA) is 78.5 Å². The van der Waals surface area contributed by atoms with Crippen molar-refractivity contribution < 1.29 is 9.53 Å². The predicted octanol–water partition coefficient (Wildman–Crippen LogP) is -0.692. The zero-order valence-corrected chi connectivity index (χ0v) is 10.5. The van der Waals surface area contributed by atoms with Gasteiger partial charge in [-0.3, -0.25) is 14.6 Å². The highest BCUT2D eigenvalue weighted by molar-refractivity contribution is 5.93. The molecule has 1 aliphatic heterocycles. The largest absolute Gasteiger partial charge is 0.378 e. The van der Waals surface area contributed by atoms with E-state index in [1.165, 1.54) is 6.20 Å². The van der Waals surface area contributed by atoms with Crippen LogP contribution in [0.25, 0.3) is 0 Å². The molecule has 0 aromatic carbocycles. The summed E-state index contributed by atoms with van der Waals surface area (Å²) >= 11 is 0. The number of aromatic amines is 1. The van der Waals surface area contributed by atoms with Gasteiger partial charge in [0.25, 0.3) is 11.5 Å². The molecule has 0 spiro atoms. The van der Waals surface area contributed by atoms with Crippen molar-refractivity contribution in [2.24, 2.45) is 0 Å². The van der Waals surface area contributed by atoms with Gasteiger partial charge in [0.05, 0.1) is 13.2 Å². The average Bonchev–Trinajstić information content (AvgIpc) is 2.38. The molecule has 0 aliphatic carbocycles. The van der Waals surface area contributed by atoms with Crippen LogP contribution in [-0.2, 0) is 4.74 Å². The van der Waals surface area contributed by atoms with Gasteiger partial charge in [-0.1, -0.05) is 0 Å². The number of hydrogen-bond acceptors (Lipinski definition) is 5. The summed E-state index contributed by atoms with van der Waals surface area (Å²) in [6.07, 6.45) is 1.33. The van der Waals surface area contributed by atoms with Gasteiger partial charge in [-0.2, -0.15) is 0 Å². The van der Waals surface area contributed by atoms with E-state index in [9.17, 15) is 9.59 Å². The first-order valence-electron chi connectivity index (χ1n) is 5.73. The molecule has 0 bridgehead atoms. The van der Waals surface area contributed by atoms with Crippen molar-refractivity contribution in [1.82, 2.24) is 14.9 Å². The Morgan fingerprint density at radius 3 is 2.67 bits per heavy atom. The maximum atomic E-state index is 12.1. The molecule has 1 aromatic rings. The highest BCUT2D eigenvalue weighted by Crippen LogP contribution is 2.04. The van der Waals surface area contributed by atoms with E-state index in [1.807, 2.05) is 0 Å². The first-order valence-corrected chi connectivity index (χ1v) is 5.73. The molecule has 1 saturated heterocycles. The number of anilines is 1. The highest BCUT2D eigenvalue weighted by Gasteiger charge is 2.21. The lowest BCUT2D eigenvalue weighted by atomic mass is 10.2. The Morgan fingerprint density at radius 1 is 1.44 bits per heavy atom. The summed E-state index contributed by atoms with van der Waals surface area (Å²) in [6, 6.07) is 0. The van der Waals surface area contributed by atoms with Crippen molar-refractivity contribution in [2.75, 3.05) is 45.3 Å². The van der Waals surface area contributed by atoms with E-state index in [-0.39, 0.29) is 11.5 Å². The fraction of sp³-hybridized carbons (Fsp3) is 0.545. The van der Waals surface area contributed by atoms with Crippen LogP contribution in [0, 0.1) is 0 Å². The number of ether oxygens (including phenoxy) is 1. The van der Waals surface area contributed by atoms with E-state index >= 15 is 0 Å². The van der Waals surface area contributed by atoms with Crippen LogP contribution in [0.15, 0.2) is 11.0 Å². The molecule has 0 saturated carbocycles. The van der Waals surface area contributed by atoms with Gasteiger partial charge >= 0.3 is 0 Å². The van der Waals surface area contributed by atoms with Crippen molar-refractivity contribution in [3.8, 4) is 0 Å². The van der Waals surface area contributed by atoms with E-state index in [2.05, 4.69) is 9.97 Å². The van der Waals surface area contributed by atoms with E-state index in [0.717, 1.165) is 0 Å². The Labute approximate surface area is 104 Å². The molecule has 2 rings (SSSR count). The van der Waals surface area contributed by atoms with Gasteiger partial charge in [-0.05, 0) is 0 Å². The summed E-state index contributed by atoms with van der Waals surface area (Å²) in [5, 5.41) is 0. The number of H-pyrrole nitrogens is 1. The van der Waals surface area contributed by atoms with Crippen LogP contribution in [0.2, 0.25) is 0 Å². The van der Waals surface area contributed by atoms with Gasteiger partial charge < -0.3 is 14.5 Å². The van der Waals surface area contributed by atoms with Gasteiger partial charge in [0.15, 0.2) is 0 Å². The Hall–Kier alpha value is -1.89. The normalized spacial score (nSPS) is 15.6. The van der Waals surface area contributed by atoms with Crippen LogP contribution < -0.4 is 10.5 Å². The smallest absolute Gasteiger partial charge is 0.265 e. The maximum Gasteiger partial charge on any atom is 0.265 e. The molecule has 18 heavy (non-hydrogen) atoms.